The van der Waals surface area contributed by atoms with Crippen molar-refractivity contribution in [2.75, 3.05) is 0 Å². The zero-order valence-electron chi connectivity index (χ0n) is 10.8. The molecule has 1 aromatic heterocycles. The quantitative estimate of drug-likeness (QED) is 0.604. The van der Waals surface area contributed by atoms with Gasteiger partial charge in [0.1, 0.15) is 0 Å². The largest absolute Gasteiger partial charge is 0.323 e. The fourth-order valence-electron chi connectivity index (χ4n) is 1.93. The summed E-state index contributed by atoms with van der Waals surface area (Å²) in [5, 5.41) is 0. The second kappa shape index (κ2) is 5.88. The molecule has 0 aliphatic carbocycles. The van der Waals surface area contributed by atoms with Crippen LogP contribution in [0.3, 0.4) is 0 Å². The number of hydrogen-bond acceptors (Lipinski definition) is 1. The van der Waals surface area contributed by atoms with Crippen LogP contribution in [0.25, 0.3) is 5.69 Å². The molecule has 1 heterocycles. The molecule has 0 unspecified atom stereocenters. The fourth-order valence-corrected chi connectivity index (χ4v) is 2.19. The van der Waals surface area contributed by atoms with Crippen LogP contribution in [0.1, 0.15) is 5.56 Å². The van der Waals surface area contributed by atoms with E-state index in [2.05, 4.69) is 49.9 Å². The van der Waals surface area contributed by atoms with Gasteiger partial charge >= 0.3 is 0 Å². The molecule has 0 N–H and O–H groups in total. The van der Waals surface area contributed by atoms with Crippen molar-refractivity contribution in [3.8, 4) is 5.69 Å². The van der Waals surface area contributed by atoms with Gasteiger partial charge in [0.25, 0.3) is 0 Å². The van der Waals surface area contributed by atoms with Crippen LogP contribution < -0.4 is 0 Å². The Kier molecular flexibility index (Phi) is 3.79. The number of aliphatic imine (C=N–C) groups is 1. The van der Waals surface area contributed by atoms with Crippen LogP contribution in [0.4, 0.5) is 5.69 Å². The molecule has 3 heteroatoms. The SMILES string of the molecule is Brc1ccc(N=Cc2ccn(-c3ccccc3)c2)cc1. The van der Waals surface area contributed by atoms with Crippen molar-refractivity contribution >= 4 is 27.8 Å². The predicted molar refractivity (Wildman–Crippen MR) is 87.2 cm³/mol. The highest BCUT2D eigenvalue weighted by atomic mass is 79.9. The first-order valence-electron chi connectivity index (χ1n) is 6.34. The third-order valence-corrected chi connectivity index (χ3v) is 3.49. The highest BCUT2D eigenvalue weighted by Gasteiger charge is 1.96. The number of halogens is 1. The van der Waals surface area contributed by atoms with Crippen LogP contribution in [0.15, 0.2) is 82.5 Å². The fraction of sp³-hybridized carbons (Fsp3) is 0. The lowest BCUT2D eigenvalue weighted by molar-refractivity contribution is 1.08. The molecule has 0 spiro atoms. The Morgan fingerprint density at radius 1 is 0.900 bits per heavy atom. The van der Waals surface area contributed by atoms with E-state index in [1.807, 2.05) is 54.9 Å². The van der Waals surface area contributed by atoms with Crippen molar-refractivity contribution in [1.82, 2.24) is 4.57 Å². The van der Waals surface area contributed by atoms with Crippen LogP contribution in [0.2, 0.25) is 0 Å². The minimum absolute atomic E-state index is 0.945. The summed E-state index contributed by atoms with van der Waals surface area (Å²) in [4.78, 5) is 4.47. The molecule has 0 aliphatic heterocycles. The average Bonchev–Trinajstić information content (AvgIpc) is 2.97. The second-order valence-corrected chi connectivity index (χ2v) is 5.34. The summed E-state index contributed by atoms with van der Waals surface area (Å²) in [6, 6.07) is 20.2. The summed E-state index contributed by atoms with van der Waals surface area (Å²) in [7, 11) is 0. The lowest BCUT2D eigenvalue weighted by Crippen LogP contribution is -1.88. The van der Waals surface area contributed by atoms with Gasteiger partial charge in [-0.3, -0.25) is 4.99 Å². The molecule has 20 heavy (non-hydrogen) atoms. The Balaban J connectivity index is 1.79. The number of nitrogens with zero attached hydrogens (tertiary/aromatic N) is 2. The van der Waals surface area contributed by atoms with Gasteiger partial charge in [-0.05, 0) is 42.5 Å². The van der Waals surface area contributed by atoms with Crippen molar-refractivity contribution in [3.05, 3.63) is 83.1 Å². The van der Waals surface area contributed by atoms with Crippen LogP contribution in [-0.4, -0.2) is 10.8 Å². The van der Waals surface area contributed by atoms with Crippen LogP contribution in [0.5, 0.6) is 0 Å². The molecule has 0 saturated carbocycles. The second-order valence-electron chi connectivity index (χ2n) is 4.42. The Labute approximate surface area is 126 Å². The van der Waals surface area contributed by atoms with E-state index in [-0.39, 0.29) is 0 Å². The van der Waals surface area contributed by atoms with E-state index in [0.717, 1.165) is 21.4 Å². The number of rotatable bonds is 3. The summed E-state index contributed by atoms with van der Waals surface area (Å²) >= 11 is 3.42. The number of benzene rings is 2. The minimum Gasteiger partial charge on any atom is -0.323 e. The maximum absolute atomic E-state index is 4.47. The summed E-state index contributed by atoms with van der Waals surface area (Å²) in [6.07, 6.45) is 5.98. The van der Waals surface area contributed by atoms with Crippen molar-refractivity contribution < 1.29 is 0 Å². The van der Waals surface area contributed by atoms with Gasteiger partial charge in [0, 0.05) is 34.3 Å². The molecule has 98 valence electrons. The van der Waals surface area contributed by atoms with Gasteiger partial charge in [-0.15, -0.1) is 0 Å². The standard InChI is InChI=1S/C17H13BrN2/c18-15-6-8-16(9-7-15)19-12-14-10-11-20(13-14)17-4-2-1-3-5-17/h1-13H. The predicted octanol–water partition coefficient (Wildman–Crippen LogP) is 4.99. The van der Waals surface area contributed by atoms with Gasteiger partial charge in [-0.2, -0.15) is 0 Å². The third-order valence-electron chi connectivity index (χ3n) is 2.96. The molecule has 2 aromatic carbocycles. The maximum atomic E-state index is 4.47. The first-order chi connectivity index (χ1) is 9.81. The Morgan fingerprint density at radius 3 is 2.40 bits per heavy atom. The number of hydrogen-bond donors (Lipinski definition) is 0. The zero-order chi connectivity index (χ0) is 13.8. The van der Waals surface area contributed by atoms with Gasteiger partial charge in [-0.25, -0.2) is 0 Å². The first-order valence-corrected chi connectivity index (χ1v) is 7.14. The molecule has 0 fully saturated rings. The first kappa shape index (κ1) is 12.9. The molecule has 2 nitrogen and oxygen atoms in total. The van der Waals surface area contributed by atoms with Crippen molar-refractivity contribution in [3.63, 3.8) is 0 Å². The number of para-hydroxylation sites is 1. The molecule has 3 rings (SSSR count). The van der Waals surface area contributed by atoms with Gasteiger partial charge in [0.15, 0.2) is 0 Å². The van der Waals surface area contributed by atoms with Crippen molar-refractivity contribution in [2.24, 2.45) is 4.99 Å². The Bertz CT molecular complexity index is 712. The van der Waals surface area contributed by atoms with E-state index in [0.29, 0.717) is 0 Å². The van der Waals surface area contributed by atoms with Gasteiger partial charge in [0.05, 0.1) is 5.69 Å². The van der Waals surface area contributed by atoms with Gasteiger partial charge in [0.2, 0.25) is 0 Å². The summed E-state index contributed by atoms with van der Waals surface area (Å²) in [5.41, 5.74) is 3.17. The van der Waals surface area contributed by atoms with Crippen LogP contribution in [0, 0.1) is 0 Å². The van der Waals surface area contributed by atoms with E-state index >= 15 is 0 Å². The Morgan fingerprint density at radius 2 is 1.65 bits per heavy atom. The van der Waals surface area contributed by atoms with Crippen molar-refractivity contribution in [1.29, 1.82) is 0 Å². The van der Waals surface area contributed by atoms with E-state index in [9.17, 15) is 0 Å². The molecular formula is C17H13BrN2. The molecular weight excluding hydrogens is 312 g/mol. The van der Waals surface area contributed by atoms with Crippen LogP contribution >= 0.6 is 15.9 Å². The van der Waals surface area contributed by atoms with Crippen molar-refractivity contribution in [2.45, 2.75) is 0 Å². The lowest BCUT2D eigenvalue weighted by atomic mass is 10.3. The number of aromatic nitrogens is 1. The topological polar surface area (TPSA) is 17.3 Å². The summed E-state index contributed by atoms with van der Waals surface area (Å²) < 4.78 is 3.15. The summed E-state index contributed by atoms with van der Waals surface area (Å²) in [5.74, 6) is 0. The monoisotopic (exact) mass is 324 g/mol. The smallest absolute Gasteiger partial charge is 0.0630 e. The average molecular weight is 325 g/mol. The molecule has 0 amide bonds. The van der Waals surface area contributed by atoms with E-state index in [1.165, 1.54) is 0 Å². The molecule has 0 radical (unpaired) electrons. The molecule has 0 aliphatic rings. The molecule has 3 aromatic rings. The highest BCUT2D eigenvalue weighted by molar-refractivity contribution is 9.10. The summed E-state index contributed by atoms with van der Waals surface area (Å²) in [6.45, 7) is 0. The maximum Gasteiger partial charge on any atom is 0.0630 e. The lowest BCUT2D eigenvalue weighted by Gasteiger charge is -2.00. The molecule has 0 bridgehead atoms. The minimum atomic E-state index is 0.945. The highest BCUT2D eigenvalue weighted by Crippen LogP contribution is 2.17. The molecule has 0 saturated heterocycles. The van der Waals surface area contributed by atoms with E-state index in [1.54, 1.807) is 0 Å². The van der Waals surface area contributed by atoms with Gasteiger partial charge in [-0.1, -0.05) is 34.1 Å². The van der Waals surface area contributed by atoms with Crippen LogP contribution in [-0.2, 0) is 0 Å². The zero-order valence-corrected chi connectivity index (χ0v) is 12.4. The van der Waals surface area contributed by atoms with E-state index < -0.39 is 0 Å². The van der Waals surface area contributed by atoms with Gasteiger partial charge < -0.3 is 4.57 Å². The normalized spacial score (nSPS) is 11.1. The third kappa shape index (κ3) is 3.06. The Hall–Kier alpha value is -2.13. The van der Waals surface area contributed by atoms with E-state index in [4.69, 9.17) is 0 Å². The molecule has 0 atom stereocenters.